The first-order valence-electron chi connectivity index (χ1n) is 4.74. The van der Waals surface area contributed by atoms with Gasteiger partial charge in [-0.1, -0.05) is 53.0 Å². The topological polar surface area (TPSA) is 0 Å². The molecule has 0 aliphatic carbocycles. The Balaban J connectivity index is -0.0000000770. The van der Waals surface area contributed by atoms with Gasteiger partial charge in [-0.3, -0.25) is 0 Å². The van der Waals surface area contributed by atoms with E-state index in [1.54, 1.807) is 0 Å². The Morgan fingerprint density at radius 3 is 1.33 bits per heavy atom. The minimum absolute atomic E-state index is 0. The Morgan fingerprint density at radius 2 is 1.06 bits per heavy atom. The number of benzene rings is 1. The van der Waals surface area contributed by atoms with Gasteiger partial charge in [0.2, 0.25) is 0 Å². The van der Waals surface area contributed by atoms with E-state index in [2.05, 4.69) is 38.1 Å². The summed E-state index contributed by atoms with van der Waals surface area (Å²) >= 11 is 1.88. The first-order valence-corrected chi connectivity index (χ1v) is 5.55. The van der Waals surface area contributed by atoms with Crippen molar-refractivity contribution >= 4 is 22.1 Å². The molecule has 2 aromatic rings. The summed E-state index contributed by atoms with van der Waals surface area (Å²) in [7, 11) is 0. The summed E-state index contributed by atoms with van der Waals surface area (Å²) in [5, 5.41) is 2.82. The van der Waals surface area contributed by atoms with E-state index >= 15 is 0 Å². The summed E-state index contributed by atoms with van der Waals surface area (Å²) in [5.74, 6) is 0. The molecule has 1 heterocycles. The fraction of sp³-hybridized carbons (Fsp3) is 0.375. The van der Waals surface area contributed by atoms with Crippen molar-refractivity contribution in [2.45, 2.75) is 42.5 Å². The molecule has 2 heteroatoms. The van der Waals surface area contributed by atoms with Crippen molar-refractivity contribution in [2.24, 2.45) is 0 Å². The molecule has 1 radical (unpaired) electrons. The Hall–Kier alpha value is 0.284. The van der Waals surface area contributed by atoms with Crippen molar-refractivity contribution in [1.29, 1.82) is 0 Å². The molecule has 0 saturated carbocycles. The predicted molar refractivity (Wildman–Crippen MR) is 88.9 cm³/mol. The Kier molecular flexibility index (Phi) is 26.4. The zero-order chi connectivity index (χ0) is 9.84. The van der Waals surface area contributed by atoms with Gasteiger partial charge in [-0.25, -0.2) is 0 Å². The van der Waals surface area contributed by atoms with E-state index < -0.39 is 0 Å². The van der Waals surface area contributed by atoms with Crippen LogP contribution in [0.5, 0.6) is 0 Å². The number of aryl methyl sites for hydroxylation is 2. The van der Waals surface area contributed by atoms with Gasteiger partial charge in [-0.05, 0) is 24.6 Å². The summed E-state index contributed by atoms with van der Waals surface area (Å²) < 4.78 is 0. The third-order valence-electron chi connectivity index (χ3n) is 1.99. The predicted octanol–water partition coefficient (Wildman–Crippen LogP) is 6.71. The first kappa shape index (κ1) is 31.0. The summed E-state index contributed by atoms with van der Waals surface area (Å²) in [6.07, 6.45) is 0. The van der Waals surface area contributed by atoms with Crippen molar-refractivity contribution in [3.05, 3.63) is 48.9 Å². The maximum atomic E-state index is 2.19. The third-order valence-corrected chi connectivity index (χ3v) is 3.04. The zero-order valence-corrected chi connectivity index (χ0v) is 14.9. The fourth-order valence-electron chi connectivity index (χ4n) is 1.44. The van der Waals surface area contributed by atoms with Crippen LogP contribution in [0.1, 0.15) is 38.5 Å². The molecule has 0 fully saturated rings. The minimum Gasteiger partial charge on any atom is -0.358 e. The summed E-state index contributed by atoms with van der Waals surface area (Å²) in [4.78, 5) is 2.86. The molecular formula is C16H30SY-2. The van der Waals surface area contributed by atoms with Crippen LogP contribution in [0.4, 0.5) is 0 Å². The van der Waals surface area contributed by atoms with Gasteiger partial charge in [0.15, 0.2) is 0 Å². The van der Waals surface area contributed by atoms with Crippen LogP contribution in [0.3, 0.4) is 0 Å². The van der Waals surface area contributed by atoms with Crippen LogP contribution in [0.25, 0.3) is 10.8 Å². The van der Waals surface area contributed by atoms with Gasteiger partial charge in [0.1, 0.15) is 0 Å². The Bertz CT molecular complexity index is 355. The average molecular weight is 343 g/mol. The second kappa shape index (κ2) is 15.3. The number of hydrogen-bond donors (Lipinski definition) is 0. The van der Waals surface area contributed by atoms with Gasteiger partial charge in [0, 0.05) is 42.5 Å². The molecule has 0 aliphatic heterocycles. The van der Waals surface area contributed by atoms with Crippen molar-refractivity contribution in [1.82, 2.24) is 0 Å². The van der Waals surface area contributed by atoms with E-state index in [0.29, 0.717) is 0 Å². The van der Waals surface area contributed by atoms with Crippen molar-refractivity contribution in [3.63, 3.8) is 0 Å². The van der Waals surface area contributed by atoms with E-state index in [-0.39, 0.29) is 62.4 Å². The molecule has 0 aliphatic rings. The van der Waals surface area contributed by atoms with Crippen LogP contribution < -0.4 is 0 Å². The molecule has 105 valence electrons. The molecule has 0 bridgehead atoms. The van der Waals surface area contributed by atoms with Crippen LogP contribution in [-0.4, -0.2) is 0 Å². The van der Waals surface area contributed by atoms with Crippen LogP contribution >= 0.6 is 11.3 Å². The van der Waals surface area contributed by atoms with Gasteiger partial charge < -0.3 is 14.9 Å². The van der Waals surface area contributed by atoms with Crippen LogP contribution in [-0.2, 0) is 32.7 Å². The Morgan fingerprint density at radius 1 is 0.778 bits per heavy atom. The van der Waals surface area contributed by atoms with E-state index in [1.165, 1.54) is 20.5 Å². The molecule has 0 amide bonds. The molecule has 0 N–H and O–H groups in total. The molecular weight excluding hydrogens is 313 g/mol. The third kappa shape index (κ3) is 7.02. The number of rotatable bonds is 0. The van der Waals surface area contributed by atoms with Gasteiger partial charge in [-0.15, -0.1) is 11.3 Å². The summed E-state index contributed by atoms with van der Waals surface area (Å²) in [6.45, 7) is 8.36. The summed E-state index contributed by atoms with van der Waals surface area (Å²) in [5.41, 5.74) is 0. The molecule has 18 heavy (non-hydrogen) atoms. The van der Waals surface area contributed by atoms with Gasteiger partial charge >= 0.3 is 0 Å². The first-order chi connectivity index (χ1) is 6.29. The normalized spacial score (nSPS) is 6.89. The Labute approximate surface area is 145 Å². The van der Waals surface area contributed by atoms with E-state index in [0.717, 1.165) is 0 Å². The van der Waals surface area contributed by atoms with E-state index in [1.807, 2.05) is 25.2 Å². The van der Waals surface area contributed by atoms with Gasteiger partial charge in [0.05, 0.1) is 0 Å². The molecule has 0 atom stereocenters. The van der Waals surface area contributed by atoms with Crippen LogP contribution in [0, 0.1) is 28.7 Å². The second-order valence-corrected chi connectivity index (χ2v) is 4.19. The van der Waals surface area contributed by atoms with E-state index in [4.69, 9.17) is 0 Å². The number of hydrogen-bond acceptors (Lipinski definition) is 1. The number of thiophene rings is 1. The van der Waals surface area contributed by atoms with E-state index in [9.17, 15) is 0 Å². The minimum atomic E-state index is 0. The molecule has 0 nitrogen and oxygen atoms in total. The van der Waals surface area contributed by atoms with Gasteiger partial charge in [0.25, 0.3) is 0 Å². The fourth-order valence-corrected chi connectivity index (χ4v) is 2.47. The largest absolute Gasteiger partial charge is 0.358 e. The maximum Gasteiger partial charge on any atom is 0.00956 e. The maximum absolute atomic E-state index is 2.19. The molecule has 2 rings (SSSR count). The smallest absolute Gasteiger partial charge is 0.00956 e. The monoisotopic (exact) mass is 343 g/mol. The second-order valence-electron chi connectivity index (χ2n) is 2.76. The van der Waals surface area contributed by atoms with Crippen molar-refractivity contribution < 1.29 is 32.7 Å². The molecule has 0 unspecified atom stereocenters. The molecule has 0 saturated heterocycles. The van der Waals surface area contributed by atoms with Crippen LogP contribution in [0.15, 0.2) is 24.3 Å². The number of fused-ring (bicyclic) bond motifs is 1. The molecule has 1 aromatic carbocycles. The van der Waals surface area contributed by atoms with Gasteiger partial charge in [-0.2, -0.15) is 0 Å². The quantitative estimate of drug-likeness (QED) is 0.466. The standard InChI is InChI=1S/C10H10S.C2H6.2CH4.2CH3.Y/c1-7-9-5-3-4-6-10(9)8(2)11-7;1-2;;;;;/h3-6H,1-2H3;1-2H3;2*1H4;2*1H3;/q;;;;2*-1;. The van der Waals surface area contributed by atoms with Crippen LogP contribution in [0.2, 0.25) is 0 Å². The molecule has 1 aromatic heterocycles. The zero-order valence-electron chi connectivity index (χ0n) is 11.3. The SMILES string of the molecule is C.C.CC.Cc1sc(C)c2ccccc12.[CH3-].[CH3-].[Y]. The van der Waals surface area contributed by atoms with Crippen molar-refractivity contribution in [2.75, 3.05) is 0 Å². The molecule has 0 spiro atoms. The summed E-state index contributed by atoms with van der Waals surface area (Å²) in [6, 6.07) is 8.57. The average Bonchev–Trinajstić information content (AvgIpc) is 2.47. The van der Waals surface area contributed by atoms with Crippen molar-refractivity contribution in [3.8, 4) is 0 Å².